The zero-order valence-electron chi connectivity index (χ0n) is 20.0. The molecule has 0 bridgehead atoms. The number of aromatic amines is 1. The third kappa shape index (κ3) is 5.18. The quantitative estimate of drug-likeness (QED) is 0.446. The summed E-state index contributed by atoms with van der Waals surface area (Å²) < 4.78 is 4.99. The highest BCUT2D eigenvalue weighted by atomic mass is 16.5. The predicted molar refractivity (Wildman–Crippen MR) is 128 cm³/mol. The van der Waals surface area contributed by atoms with Gasteiger partial charge in [0.25, 0.3) is 5.91 Å². The smallest absolute Gasteiger partial charge is 0.257 e. The van der Waals surface area contributed by atoms with Crippen LogP contribution >= 0.6 is 0 Å². The van der Waals surface area contributed by atoms with Crippen molar-refractivity contribution < 1.29 is 14.1 Å². The minimum absolute atomic E-state index is 0.0693. The average molecular weight is 465 g/mol. The van der Waals surface area contributed by atoms with Crippen molar-refractivity contribution in [1.82, 2.24) is 25.7 Å². The fourth-order valence-corrected chi connectivity index (χ4v) is 4.72. The first kappa shape index (κ1) is 23.7. The molecule has 0 aliphatic heterocycles. The summed E-state index contributed by atoms with van der Waals surface area (Å²) in [4.78, 5) is 30.9. The van der Waals surface area contributed by atoms with Gasteiger partial charge >= 0.3 is 0 Å². The van der Waals surface area contributed by atoms with Gasteiger partial charge in [0.15, 0.2) is 0 Å². The van der Waals surface area contributed by atoms with Crippen molar-refractivity contribution in [2.24, 2.45) is 5.92 Å². The van der Waals surface area contributed by atoms with Gasteiger partial charge in [-0.25, -0.2) is 0 Å². The lowest BCUT2D eigenvalue weighted by atomic mass is 9.90. The maximum absolute atomic E-state index is 13.4. The van der Waals surface area contributed by atoms with E-state index in [9.17, 15) is 9.59 Å². The molecule has 9 nitrogen and oxygen atoms in total. The van der Waals surface area contributed by atoms with Crippen LogP contribution in [-0.2, 0) is 11.2 Å². The number of nitrogens with zero attached hydrogens (tertiary/aromatic N) is 3. The van der Waals surface area contributed by atoms with Crippen molar-refractivity contribution >= 4 is 17.5 Å². The summed E-state index contributed by atoms with van der Waals surface area (Å²) in [6.07, 6.45) is 9.78. The zero-order chi connectivity index (χ0) is 24.1. The largest absolute Gasteiger partial charge is 0.364 e. The molecule has 2 amide bonds. The van der Waals surface area contributed by atoms with Crippen molar-refractivity contribution in [2.75, 3.05) is 5.32 Å². The van der Waals surface area contributed by atoms with E-state index >= 15 is 0 Å². The van der Waals surface area contributed by atoms with E-state index in [-0.39, 0.29) is 17.7 Å². The van der Waals surface area contributed by atoms with Crippen molar-refractivity contribution in [1.29, 1.82) is 0 Å². The van der Waals surface area contributed by atoms with Crippen molar-refractivity contribution in [3.05, 3.63) is 47.2 Å². The van der Waals surface area contributed by atoms with Crippen LogP contribution in [0.25, 0.3) is 11.3 Å². The minimum atomic E-state index is -0.650. The van der Waals surface area contributed by atoms with Gasteiger partial charge in [-0.05, 0) is 51.2 Å². The minimum Gasteiger partial charge on any atom is -0.364 e. The summed E-state index contributed by atoms with van der Waals surface area (Å²) in [5.74, 6) is -0.498. The first-order chi connectivity index (χ1) is 16.5. The molecule has 9 heteroatoms. The highest BCUT2D eigenvalue weighted by molar-refractivity contribution is 6.01. The summed E-state index contributed by atoms with van der Waals surface area (Å²) in [5, 5.41) is 17.0. The molecule has 1 fully saturated rings. The second-order valence-electron chi connectivity index (χ2n) is 8.96. The number of anilines is 1. The van der Waals surface area contributed by atoms with E-state index in [0.29, 0.717) is 23.4 Å². The van der Waals surface area contributed by atoms with Crippen LogP contribution in [0.4, 0.5) is 5.69 Å². The molecule has 1 aliphatic rings. The Kier molecular flexibility index (Phi) is 7.40. The second-order valence-corrected chi connectivity index (χ2v) is 8.96. The number of hydrogen-bond donors (Lipinski definition) is 3. The molecular weight excluding hydrogens is 432 g/mol. The van der Waals surface area contributed by atoms with Gasteiger partial charge in [-0.15, -0.1) is 0 Å². The standard InChI is InChI=1S/C25H32N6O3/c1-4-20-19(14-34-31-20)24(32)28-23(17-9-7-5-6-8-10-17)25(33)27-18-11-12-21(26-13-18)22-15(2)29-30-16(22)3/h11-14,17,23H,4-10H2,1-3H3,(H,27,33)(H,28,32)(H,29,30). The lowest BCUT2D eigenvalue weighted by Crippen LogP contribution is -2.48. The van der Waals surface area contributed by atoms with E-state index in [0.717, 1.165) is 61.2 Å². The Morgan fingerprint density at radius 2 is 1.94 bits per heavy atom. The number of nitrogens with one attached hydrogen (secondary N) is 3. The van der Waals surface area contributed by atoms with E-state index < -0.39 is 6.04 Å². The van der Waals surface area contributed by atoms with Crippen LogP contribution in [0.1, 0.15) is 72.9 Å². The Bertz CT molecular complexity index is 1110. The Labute approximate surface area is 199 Å². The van der Waals surface area contributed by atoms with Gasteiger partial charge in [0.1, 0.15) is 17.9 Å². The third-order valence-corrected chi connectivity index (χ3v) is 6.58. The summed E-state index contributed by atoms with van der Waals surface area (Å²) in [6.45, 7) is 5.79. The number of rotatable bonds is 7. The number of carbonyl (C=O) groups is 2. The molecule has 0 radical (unpaired) electrons. The molecule has 180 valence electrons. The molecule has 3 aromatic heterocycles. The van der Waals surface area contributed by atoms with Crippen molar-refractivity contribution in [3.63, 3.8) is 0 Å². The Morgan fingerprint density at radius 3 is 2.56 bits per heavy atom. The number of amides is 2. The number of H-pyrrole nitrogens is 1. The number of carbonyl (C=O) groups excluding carboxylic acids is 2. The Hall–Kier alpha value is -3.49. The number of pyridine rings is 1. The molecule has 1 atom stereocenters. The summed E-state index contributed by atoms with van der Waals surface area (Å²) in [6, 6.07) is 3.04. The van der Waals surface area contributed by atoms with Crippen LogP contribution in [0.5, 0.6) is 0 Å². The van der Waals surface area contributed by atoms with Gasteiger partial charge in [-0.3, -0.25) is 19.7 Å². The second kappa shape index (κ2) is 10.6. The zero-order valence-corrected chi connectivity index (χ0v) is 20.0. The number of aryl methyl sites for hydroxylation is 3. The maximum atomic E-state index is 13.4. The molecule has 4 rings (SSSR count). The molecule has 1 aliphatic carbocycles. The molecule has 1 unspecified atom stereocenters. The first-order valence-electron chi connectivity index (χ1n) is 12.0. The lowest BCUT2D eigenvalue weighted by molar-refractivity contribution is -0.119. The maximum Gasteiger partial charge on any atom is 0.257 e. The van der Waals surface area contributed by atoms with Gasteiger partial charge in [0.05, 0.1) is 29.0 Å². The lowest BCUT2D eigenvalue weighted by Gasteiger charge is -2.26. The monoisotopic (exact) mass is 464 g/mol. The average Bonchev–Trinajstić information content (AvgIpc) is 3.34. The van der Waals surface area contributed by atoms with Crippen LogP contribution in [0.2, 0.25) is 0 Å². The van der Waals surface area contributed by atoms with Crippen molar-refractivity contribution in [3.8, 4) is 11.3 Å². The fourth-order valence-electron chi connectivity index (χ4n) is 4.72. The van der Waals surface area contributed by atoms with E-state index in [2.05, 4.69) is 31.0 Å². The van der Waals surface area contributed by atoms with E-state index in [4.69, 9.17) is 4.52 Å². The van der Waals surface area contributed by atoms with Crippen LogP contribution in [0.15, 0.2) is 29.1 Å². The van der Waals surface area contributed by atoms with E-state index in [1.54, 1.807) is 6.20 Å². The number of hydrogen-bond acceptors (Lipinski definition) is 6. The molecule has 34 heavy (non-hydrogen) atoms. The molecular formula is C25H32N6O3. The van der Waals surface area contributed by atoms with Crippen LogP contribution < -0.4 is 10.6 Å². The van der Waals surface area contributed by atoms with Gasteiger partial charge in [-0.1, -0.05) is 37.8 Å². The van der Waals surface area contributed by atoms with Gasteiger partial charge in [0.2, 0.25) is 5.91 Å². The molecule has 3 heterocycles. The van der Waals surface area contributed by atoms with Gasteiger partial charge in [-0.2, -0.15) is 5.10 Å². The highest BCUT2D eigenvalue weighted by Crippen LogP contribution is 2.28. The molecule has 0 saturated heterocycles. The normalized spacial score (nSPS) is 15.5. The SMILES string of the molecule is CCc1nocc1C(=O)NC(C(=O)Nc1ccc(-c2c(C)n[nH]c2C)nc1)C1CCCCCC1. The molecule has 3 N–H and O–H groups in total. The fraction of sp³-hybridized carbons (Fsp3) is 0.480. The van der Waals surface area contributed by atoms with Gasteiger partial charge in [0, 0.05) is 11.3 Å². The summed E-state index contributed by atoms with van der Waals surface area (Å²) >= 11 is 0. The summed E-state index contributed by atoms with van der Waals surface area (Å²) in [5.41, 5.74) is 5.11. The topological polar surface area (TPSA) is 126 Å². The van der Waals surface area contributed by atoms with E-state index in [1.807, 2.05) is 32.9 Å². The van der Waals surface area contributed by atoms with Crippen molar-refractivity contribution in [2.45, 2.75) is 71.8 Å². The molecule has 1 saturated carbocycles. The third-order valence-electron chi connectivity index (χ3n) is 6.58. The van der Waals surface area contributed by atoms with Crippen LogP contribution in [-0.4, -0.2) is 38.2 Å². The van der Waals surface area contributed by atoms with Gasteiger partial charge < -0.3 is 15.2 Å². The summed E-state index contributed by atoms with van der Waals surface area (Å²) in [7, 11) is 0. The highest BCUT2D eigenvalue weighted by Gasteiger charge is 2.31. The molecule has 3 aromatic rings. The Balaban J connectivity index is 1.52. The molecule has 0 aromatic carbocycles. The first-order valence-corrected chi connectivity index (χ1v) is 12.0. The van der Waals surface area contributed by atoms with Crippen LogP contribution in [0.3, 0.4) is 0 Å². The van der Waals surface area contributed by atoms with E-state index in [1.165, 1.54) is 6.26 Å². The number of aromatic nitrogens is 4. The Morgan fingerprint density at radius 1 is 1.18 bits per heavy atom. The predicted octanol–water partition coefficient (Wildman–Crippen LogP) is 4.35. The van der Waals surface area contributed by atoms with Crippen LogP contribution in [0, 0.1) is 19.8 Å². The molecule has 0 spiro atoms.